The quantitative estimate of drug-likeness (QED) is 0.822. The standard InChI is InChI=1S/C19H17F3N2O3/c1-12-5-3-4-6-15(12)18(2)16(25)24(17(26)23-18)11-13-7-9-14(10-8-13)27-19(20,21)22/h3-10H,11H2,1-2H3,(H,23,26). The minimum Gasteiger partial charge on any atom is -0.406 e. The molecule has 1 saturated heterocycles. The number of carbonyl (C=O) groups is 2. The monoisotopic (exact) mass is 378 g/mol. The van der Waals surface area contributed by atoms with Gasteiger partial charge in [-0.1, -0.05) is 36.4 Å². The van der Waals surface area contributed by atoms with Crippen molar-refractivity contribution in [3.63, 3.8) is 0 Å². The van der Waals surface area contributed by atoms with E-state index in [-0.39, 0.29) is 12.3 Å². The van der Waals surface area contributed by atoms with E-state index in [1.54, 1.807) is 19.1 Å². The lowest BCUT2D eigenvalue weighted by atomic mass is 9.88. The lowest BCUT2D eigenvalue weighted by molar-refractivity contribution is -0.274. The van der Waals surface area contributed by atoms with Gasteiger partial charge in [0.05, 0.1) is 6.54 Å². The first-order valence-corrected chi connectivity index (χ1v) is 8.15. The number of amides is 3. The lowest BCUT2D eigenvalue weighted by Crippen LogP contribution is -2.41. The van der Waals surface area contributed by atoms with E-state index in [1.165, 1.54) is 12.1 Å². The van der Waals surface area contributed by atoms with Crippen molar-refractivity contribution >= 4 is 11.9 Å². The van der Waals surface area contributed by atoms with Gasteiger partial charge in [0.2, 0.25) is 0 Å². The Morgan fingerprint density at radius 2 is 1.70 bits per heavy atom. The summed E-state index contributed by atoms with van der Waals surface area (Å²) in [6, 6.07) is 11.7. The number of nitrogens with zero attached hydrogens (tertiary/aromatic N) is 1. The van der Waals surface area contributed by atoms with Crippen LogP contribution in [0.4, 0.5) is 18.0 Å². The van der Waals surface area contributed by atoms with Crippen molar-refractivity contribution in [2.24, 2.45) is 0 Å². The zero-order valence-electron chi connectivity index (χ0n) is 14.6. The van der Waals surface area contributed by atoms with Crippen LogP contribution < -0.4 is 10.1 Å². The third-order valence-electron chi connectivity index (χ3n) is 4.46. The van der Waals surface area contributed by atoms with Crippen LogP contribution in [0.15, 0.2) is 48.5 Å². The molecule has 0 aromatic heterocycles. The summed E-state index contributed by atoms with van der Waals surface area (Å²) in [5.41, 5.74) is 0.868. The molecule has 27 heavy (non-hydrogen) atoms. The topological polar surface area (TPSA) is 58.6 Å². The van der Waals surface area contributed by atoms with E-state index in [0.29, 0.717) is 11.1 Å². The van der Waals surface area contributed by atoms with Gasteiger partial charge in [-0.3, -0.25) is 9.69 Å². The molecule has 0 saturated carbocycles. The molecule has 1 heterocycles. The third kappa shape index (κ3) is 3.74. The second kappa shape index (κ2) is 6.61. The SMILES string of the molecule is Cc1ccccc1C1(C)NC(=O)N(Cc2ccc(OC(F)(F)F)cc2)C1=O. The van der Waals surface area contributed by atoms with Gasteiger partial charge in [0.15, 0.2) is 0 Å². The number of urea groups is 1. The predicted molar refractivity (Wildman–Crippen MR) is 90.7 cm³/mol. The highest BCUT2D eigenvalue weighted by Gasteiger charge is 2.49. The van der Waals surface area contributed by atoms with E-state index in [1.807, 2.05) is 19.1 Å². The Labute approximate surface area is 153 Å². The van der Waals surface area contributed by atoms with Crippen LogP contribution in [0.3, 0.4) is 0 Å². The zero-order chi connectivity index (χ0) is 19.8. The molecule has 1 fully saturated rings. The molecule has 142 valence electrons. The number of rotatable bonds is 4. The number of benzene rings is 2. The van der Waals surface area contributed by atoms with Gasteiger partial charge in [-0.05, 0) is 42.7 Å². The number of hydrogen-bond donors (Lipinski definition) is 1. The Bertz CT molecular complexity index is 881. The molecule has 2 aromatic carbocycles. The van der Waals surface area contributed by atoms with Crippen LogP contribution in [0.1, 0.15) is 23.6 Å². The first kappa shape index (κ1) is 18.8. The molecule has 1 aliphatic heterocycles. The Balaban J connectivity index is 1.79. The molecule has 1 atom stereocenters. The Morgan fingerprint density at radius 1 is 1.07 bits per heavy atom. The number of hydrogen-bond acceptors (Lipinski definition) is 3. The van der Waals surface area contributed by atoms with Crippen LogP contribution in [0.5, 0.6) is 5.75 Å². The second-order valence-corrected chi connectivity index (χ2v) is 6.45. The molecule has 3 amide bonds. The Hall–Kier alpha value is -3.03. The number of aryl methyl sites for hydroxylation is 1. The highest BCUT2D eigenvalue weighted by atomic mass is 19.4. The van der Waals surface area contributed by atoms with Crippen molar-refractivity contribution in [2.75, 3.05) is 0 Å². The third-order valence-corrected chi connectivity index (χ3v) is 4.46. The normalized spacial score (nSPS) is 20.0. The summed E-state index contributed by atoms with van der Waals surface area (Å²) in [7, 11) is 0. The van der Waals surface area contributed by atoms with Gasteiger partial charge in [0.1, 0.15) is 11.3 Å². The molecule has 0 spiro atoms. The maximum atomic E-state index is 12.9. The Kier molecular flexibility index (Phi) is 4.59. The van der Waals surface area contributed by atoms with E-state index < -0.39 is 23.8 Å². The van der Waals surface area contributed by atoms with Crippen LogP contribution in [0.2, 0.25) is 0 Å². The molecule has 2 aromatic rings. The van der Waals surface area contributed by atoms with Crippen LogP contribution in [-0.4, -0.2) is 23.2 Å². The highest BCUT2D eigenvalue weighted by molar-refractivity contribution is 6.07. The van der Waals surface area contributed by atoms with E-state index >= 15 is 0 Å². The van der Waals surface area contributed by atoms with Crippen molar-refractivity contribution in [3.05, 3.63) is 65.2 Å². The molecule has 8 heteroatoms. The Morgan fingerprint density at radius 3 is 2.30 bits per heavy atom. The molecule has 1 aliphatic rings. The minimum atomic E-state index is -4.78. The number of carbonyl (C=O) groups excluding carboxylic acids is 2. The number of halogens is 3. The van der Waals surface area contributed by atoms with Gasteiger partial charge in [-0.25, -0.2) is 4.79 Å². The van der Waals surface area contributed by atoms with E-state index in [9.17, 15) is 22.8 Å². The number of imide groups is 1. The summed E-state index contributed by atoms with van der Waals surface area (Å²) in [4.78, 5) is 26.3. The van der Waals surface area contributed by atoms with Gasteiger partial charge in [0, 0.05) is 0 Å². The fourth-order valence-corrected chi connectivity index (χ4v) is 3.14. The van der Waals surface area contributed by atoms with Crippen molar-refractivity contribution in [1.29, 1.82) is 0 Å². The summed E-state index contributed by atoms with van der Waals surface area (Å²) < 4.78 is 40.5. The summed E-state index contributed by atoms with van der Waals surface area (Å²) in [6.07, 6.45) is -4.78. The fourth-order valence-electron chi connectivity index (χ4n) is 3.14. The van der Waals surface area contributed by atoms with Crippen LogP contribution in [0, 0.1) is 6.92 Å². The van der Waals surface area contributed by atoms with E-state index in [0.717, 1.165) is 22.6 Å². The first-order chi connectivity index (χ1) is 12.6. The maximum absolute atomic E-state index is 12.9. The number of ether oxygens (including phenoxy) is 1. The average molecular weight is 378 g/mol. The van der Waals surface area contributed by atoms with Crippen molar-refractivity contribution in [2.45, 2.75) is 32.3 Å². The van der Waals surface area contributed by atoms with E-state index in [2.05, 4.69) is 10.1 Å². The molecular formula is C19H17F3N2O3. The molecule has 0 aliphatic carbocycles. The van der Waals surface area contributed by atoms with Crippen LogP contribution in [0.25, 0.3) is 0 Å². The molecule has 3 rings (SSSR count). The molecule has 0 bridgehead atoms. The van der Waals surface area contributed by atoms with Gasteiger partial charge in [-0.2, -0.15) is 0 Å². The molecular weight excluding hydrogens is 361 g/mol. The van der Waals surface area contributed by atoms with Gasteiger partial charge < -0.3 is 10.1 Å². The highest BCUT2D eigenvalue weighted by Crippen LogP contribution is 2.32. The summed E-state index contributed by atoms with van der Waals surface area (Å²) in [5.74, 6) is -0.786. The van der Waals surface area contributed by atoms with Gasteiger partial charge in [0.25, 0.3) is 5.91 Å². The van der Waals surface area contributed by atoms with Gasteiger partial charge >= 0.3 is 12.4 Å². The zero-order valence-corrected chi connectivity index (χ0v) is 14.6. The number of nitrogens with one attached hydrogen (secondary N) is 1. The summed E-state index contributed by atoms with van der Waals surface area (Å²) in [6.45, 7) is 3.43. The van der Waals surface area contributed by atoms with Crippen molar-refractivity contribution in [3.8, 4) is 5.75 Å². The summed E-state index contributed by atoms with van der Waals surface area (Å²) >= 11 is 0. The van der Waals surface area contributed by atoms with E-state index in [4.69, 9.17) is 0 Å². The summed E-state index contributed by atoms with van der Waals surface area (Å²) in [5, 5.41) is 2.71. The number of alkyl halides is 3. The molecule has 5 nitrogen and oxygen atoms in total. The van der Waals surface area contributed by atoms with Crippen LogP contribution in [-0.2, 0) is 16.9 Å². The molecule has 0 radical (unpaired) electrons. The minimum absolute atomic E-state index is 0.0571. The molecule has 1 N–H and O–H groups in total. The van der Waals surface area contributed by atoms with Crippen LogP contribution >= 0.6 is 0 Å². The molecule has 1 unspecified atom stereocenters. The smallest absolute Gasteiger partial charge is 0.406 e. The maximum Gasteiger partial charge on any atom is 0.573 e. The predicted octanol–water partition coefficient (Wildman–Crippen LogP) is 3.86. The second-order valence-electron chi connectivity index (χ2n) is 6.45. The van der Waals surface area contributed by atoms with Gasteiger partial charge in [-0.15, -0.1) is 13.2 Å². The lowest BCUT2D eigenvalue weighted by Gasteiger charge is -2.24. The first-order valence-electron chi connectivity index (χ1n) is 8.15. The fraction of sp³-hybridized carbons (Fsp3) is 0.263. The largest absolute Gasteiger partial charge is 0.573 e. The average Bonchev–Trinajstić information content (AvgIpc) is 2.79. The van der Waals surface area contributed by atoms with Crippen molar-refractivity contribution < 1.29 is 27.5 Å². The van der Waals surface area contributed by atoms with Crippen molar-refractivity contribution in [1.82, 2.24) is 10.2 Å².